The molecule has 1 aliphatic heterocycles. The van der Waals surface area contributed by atoms with Crippen molar-refractivity contribution in [3.63, 3.8) is 0 Å². The molecule has 98 valence electrons. The Bertz CT molecular complexity index is 615. The topological polar surface area (TPSA) is 75.7 Å². The van der Waals surface area contributed by atoms with E-state index in [0.717, 1.165) is 4.47 Å². The van der Waals surface area contributed by atoms with Crippen LogP contribution in [0.5, 0.6) is 0 Å². The maximum atomic E-state index is 12.1. The monoisotopic (exact) mass is 334 g/mol. The summed E-state index contributed by atoms with van der Waals surface area (Å²) in [7, 11) is -1.16. The fourth-order valence-corrected chi connectivity index (χ4v) is 3.69. The number of amides is 1. The van der Waals surface area contributed by atoms with Crippen molar-refractivity contribution in [3.05, 3.63) is 22.2 Å². The minimum absolute atomic E-state index is 0.0714. The SMILES string of the molecule is CON(C)S(=O)(=O)c1cc2c(cc1Br)NC(=O)C2. The molecule has 1 aromatic rings. The predicted octanol–water partition coefficient (Wildman–Crippen LogP) is 1.13. The minimum Gasteiger partial charge on any atom is -0.325 e. The summed E-state index contributed by atoms with van der Waals surface area (Å²) >= 11 is 3.19. The average Bonchev–Trinajstić information content (AvgIpc) is 2.65. The van der Waals surface area contributed by atoms with E-state index in [-0.39, 0.29) is 17.2 Å². The van der Waals surface area contributed by atoms with Crippen LogP contribution in [0.2, 0.25) is 0 Å². The number of halogens is 1. The molecule has 0 saturated heterocycles. The van der Waals surface area contributed by atoms with Crippen molar-refractivity contribution < 1.29 is 18.0 Å². The van der Waals surface area contributed by atoms with E-state index in [2.05, 4.69) is 21.2 Å². The van der Waals surface area contributed by atoms with Gasteiger partial charge >= 0.3 is 0 Å². The van der Waals surface area contributed by atoms with Crippen LogP contribution >= 0.6 is 15.9 Å². The Labute approximate surface area is 113 Å². The van der Waals surface area contributed by atoms with Crippen molar-refractivity contribution in [2.45, 2.75) is 11.3 Å². The lowest BCUT2D eigenvalue weighted by Crippen LogP contribution is -2.26. The number of hydroxylamine groups is 1. The van der Waals surface area contributed by atoms with Gasteiger partial charge < -0.3 is 5.32 Å². The number of benzene rings is 1. The molecule has 6 nitrogen and oxygen atoms in total. The Morgan fingerprint density at radius 3 is 2.72 bits per heavy atom. The van der Waals surface area contributed by atoms with Crippen LogP contribution in [0.1, 0.15) is 5.56 Å². The van der Waals surface area contributed by atoms with Crippen LogP contribution in [-0.2, 0) is 26.1 Å². The molecule has 0 atom stereocenters. The molecule has 1 heterocycles. The summed E-state index contributed by atoms with van der Waals surface area (Å²) in [6.07, 6.45) is 0.182. The molecular formula is C10H11BrN2O4S. The van der Waals surface area contributed by atoms with Crippen LogP contribution in [0.3, 0.4) is 0 Å². The van der Waals surface area contributed by atoms with Gasteiger partial charge in [-0.25, -0.2) is 8.42 Å². The van der Waals surface area contributed by atoms with E-state index in [1.807, 2.05) is 0 Å². The summed E-state index contributed by atoms with van der Waals surface area (Å²) in [5.41, 5.74) is 1.29. The van der Waals surface area contributed by atoms with Crippen LogP contribution in [-0.4, -0.2) is 33.0 Å². The highest BCUT2D eigenvalue weighted by atomic mass is 79.9. The van der Waals surface area contributed by atoms with Gasteiger partial charge in [0.2, 0.25) is 5.91 Å². The molecule has 2 rings (SSSR count). The van der Waals surface area contributed by atoms with E-state index in [4.69, 9.17) is 4.84 Å². The third-order valence-electron chi connectivity index (χ3n) is 2.66. The van der Waals surface area contributed by atoms with E-state index in [0.29, 0.717) is 15.7 Å². The first-order valence-electron chi connectivity index (χ1n) is 5.01. The van der Waals surface area contributed by atoms with E-state index in [1.165, 1.54) is 20.2 Å². The number of anilines is 1. The predicted molar refractivity (Wildman–Crippen MR) is 68.4 cm³/mol. The maximum absolute atomic E-state index is 12.1. The van der Waals surface area contributed by atoms with Gasteiger partial charge in [-0.15, -0.1) is 0 Å². The zero-order valence-electron chi connectivity index (χ0n) is 9.73. The van der Waals surface area contributed by atoms with Gasteiger partial charge in [0.25, 0.3) is 10.0 Å². The smallest absolute Gasteiger partial charge is 0.265 e. The van der Waals surface area contributed by atoms with Crippen LogP contribution in [0, 0.1) is 0 Å². The second-order valence-corrected chi connectivity index (χ2v) is 6.52. The highest BCUT2D eigenvalue weighted by molar-refractivity contribution is 9.10. The normalized spacial score (nSPS) is 14.8. The Balaban J connectivity index is 2.55. The Hall–Kier alpha value is -0.960. The number of hydrogen-bond donors (Lipinski definition) is 1. The summed E-state index contributed by atoms with van der Waals surface area (Å²) in [6.45, 7) is 0. The first kappa shape index (κ1) is 13.5. The van der Waals surface area contributed by atoms with Gasteiger partial charge in [0, 0.05) is 17.2 Å². The van der Waals surface area contributed by atoms with Gasteiger partial charge in [-0.05, 0) is 33.6 Å². The summed E-state index contributed by atoms with van der Waals surface area (Å²) < 4.78 is 25.4. The molecule has 1 amide bonds. The Morgan fingerprint density at radius 2 is 2.11 bits per heavy atom. The number of carbonyl (C=O) groups is 1. The van der Waals surface area contributed by atoms with E-state index >= 15 is 0 Å². The lowest BCUT2D eigenvalue weighted by Gasteiger charge is -2.16. The molecule has 1 aromatic carbocycles. The van der Waals surface area contributed by atoms with Crippen molar-refractivity contribution in [3.8, 4) is 0 Å². The van der Waals surface area contributed by atoms with Crippen LogP contribution in [0.25, 0.3) is 0 Å². The number of sulfonamides is 1. The van der Waals surface area contributed by atoms with Gasteiger partial charge in [-0.2, -0.15) is 0 Å². The highest BCUT2D eigenvalue weighted by Crippen LogP contribution is 2.33. The second-order valence-electron chi connectivity index (χ2n) is 3.76. The number of hydrogen-bond acceptors (Lipinski definition) is 4. The molecule has 0 aliphatic carbocycles. The molecule has 0 fully saturated rings. The first-order chi connectivity index (χ1) is 8.36. The second kappa shape index (κ2) is 4.61. The largest absolute Gasteiger partial charge is 0.325 e. The van der Waals surface area contributed by atoms with Crippen molar-refractivity contribution in [2.24, 2.45) is 0 Å². The Kier molecular flexibility index (Phi) is 3.45. The molecule has 0 spiro atoms. The zero-order chi connectivity index (χ0) is 13.5. The van der Waals surface area contributed by atoms with E-state index in [9.17, 15) is 13.2 Å². The van der Waals surface area contributed by atoms with E-state index < -0.39 is 10.0 Å². The fourth-order valence-electron chi connectivity index (χ4n) is 1.66. The molecule has 1 N–H and O–H groups in total. The number of fused-ring (bicyclic) bond motifs is 1. The number of carbonyl (C=O) groups excluding carboxylic acids is 1. The van der Waals surface area contributed by atoms with Gasteiger partial charge in [-0.3, -0.25) is 9.63 Å². The summed E-state index contributed by atoms with van der Waals surface area (Å²) in [6, 6.07) is 3.05. The molecule has 18 heavy (non-hydrogen) atoms. The summed E-state index contributed by atoms with van der Waals surface area (Å²) in [5.74, 6) is -0.147. The van der Waals surface area contributed by atoms with Crippen molar-refractivity contribution in [1.82, 2.24) is 4.47 Å². The molecule has 0 radical (unpaired) electrons. The standard InChI is InChI=1S/C10H11BrN2O4S/c1-13(17-2)18(15,16)9-3-6-4-10(14)12-8(6)5-7(9)11/h3,5H,4H2,1-2H3,(H,12,14). The highest BCUT2D eigenvalue weighted by Gasteiger charge is 2.27. The average molecular weight is 335 g/mol. The molecule has 0 saturated carbocycles. The fraction of sp³-hybridized carbons (Fsp3) is 0.300. The lowest BCUT2D eigenvalue weighted by molar-refractivity contribution is -0.115. The molecule has 8 heteroatoms. The van der Waals surface area contributed by atoms with Gasteiger partial charge in [0.15, 0.2) is 0 Å². The summed E-state index contributed by atoms with van der Waals surface area (Å²) in [5, 5.41) is 2.65. The lowest BCUT2D eigenvalue weighted by atomic mass is 10.2. The third kappa shape index (κ3) is 2.16. The van der Waals surface area contributed by atoms with Crippen molar-refractivity contribution >= 4 is 37.5 Å². The quantitative estimate of drug-likeness (QED) is 0.840. The van der Waals surface area contributed by atoms with Crippen LogP contribution in [0.4, 0.5) is 5.69 Å². The minimum atomic E-state index is -3.73. The molecular weight excluding hydrogens is 324 g/mol. The number of rotatable bonds is 3. The third-order valence-corrected chi connectivity index (χ3v) is 5.29. The summed E-state index contributed by atoms with van der Waals surface area (Å²) in [4.78, 5) is 16.0. The van der Waals surface area contributed by atoms with E-state index in [1.54, 1.807) is 6.07 Å². The molecule has 0 aromatic heterocycles. The van der Waals surface area contributed by atoms with Gasteiger partial charge in [-0.1, -0.05) is 4.47 Å². The van der Waals surface area contributed by atoms with Gasteiger partial charge in [0.05, 0.1) is 18.4 Å². The number of nitrogens with one attached hydrogen (secondary N) is 1. The van der Waals surface area contributed by atoms with Crippen LogP contribution in [0.15, 0.2) is 21.5 Å². The van der Waals surface area contributed by atoms with Crippen LogP contribution < -0.4 is 5.32 Å². The first-order valence-corrected chi connectivity index (χ1v) is 7.25. The van der Waals surface area contributed by atoms with Crippen molar-refractivity contribution in [1.29, 1.82) is 0 Å². The van der Waals surface area contributed by atoms with Gasteiger partial charge in [0.1, 0.15) is 0 Å². The molecule has 0 bridgehead atoms. The maximum Gasteiger partial charge on any atom is 0.265 e. The van der Waals surface area contributed by atoms with Crippen molar-refractivity contribution in [2.75, 3.05) is 19.5 Å². The Morgan fingerprint density at radius 1 is 1.44 bits per heavy atom. The molecule has 1 aliphatic rings. The zero-order valence-corrected chi connectivity index (χ0v) is 12.1. The molecule has 0 unspecified atom stereocenters. The number of nitrogens with zero attached hydrogens (tertiary/aromatic N) is 1.